The van der Waals surface area contributed by atoms with E-state index in [-0.39, 0.29) is 0 Å². The van der Waals surface area contributed by atoms with Crippen molar-refractivity contribution in [2.45, 2.75) is 0 Å². The van der Waals surface area contributed by atoms with Crippen LogP contribution >= 0.6 is 11.3 Å². The number of nitrogens with zero attached hydrogens (tertiary/aromatic N) is 4. The molecule has 4 aromatic heterocycles. The number of fused-ring (bicyclic) bond motifs is 3. The van der Waals surface area contributed by atoms with Crippen molar-refractivity contribution in [3.05, 3.63) is 146 Å². The van der Waals surface area contributed by atoms with Crippen LogP contribution < -0.4 is 0 Å². The number of rotatable bonds is 5. The van der Waals surface area contributed by atoms with Crippen molar-refractivity contribution in [3.63, 3.8) is 0 Å². The quantitative estimate of drug-likeness (QED) is 0.207. The highest BCUT2D eigenvalue weighted by atomic mass is 32.1. The van der Waals surface area contributed by atoms with E-state index in [1.165, 1.54) is 31.3 Å². The summed E-state index contributed by atoms with van der Waals surface area (Å²) >= 11 is 1.84. The van der Waals surface area contributed by atoms with E-state index >= 15 is 0 Å². The summed E-state index contributed by atoms with van der Waals surface area (Å²) in [4.78, 5) is 18.6. The summed E-state index contributed by atoms with van der Waals surface area (Å²) < 4.78 is 2.63. The van der Waals surface area contributed by atoms with E-state index < -0.39 is 0 Å². The van der Waals surface area contributed by atoms with Crippen LogP contribution in [0.1, 0.15) is 0 Å². The molecule has 0 unspecified atom stereocenters. The molecule has 0 aliphatic carbocycles. The second-order valence-electron chi connectivity index (χ2n) is 10.4. The summed E-state index contributed by atoms with van der Waals surface area (Å²) in [6, 6.07) is 42.4. The number of hydrogen-bond acceptors (Lipinski definition) is 5. The molecule has 8 aromatic rings. The summed E-state index contributed by atoms with van der Waals surface area (Å²) in [7, 11) is 0. The monoisotopic (exact) mass is 568 g/mol. The number of thiophene rings is 1. The molecule has 4 aromatic carbocycles. The Kier molecular flexibility index (Phi) is 6.28. The van der Waals surface area contributed by atoms with Gasteiger partial charge >= 0.3 is 0 Å². The smallest absolute Gasteiger partial charge is 0.160 e. The van der Waals surface area contributed by atoms with Crippen LogP contribution in [0.2, 0.25) is 0 Å². The Labute approximate surface area is 253 Å². The lowest BCUT2D eigenvalue weighted by Gasteiger charge is -2.10. The molecule has 8 rings (SSSR count). The molecule has 5 heteroatoms. The van der Waals surface area contributed by atoms with Crippen LogP contribution in [0.3, 0.4) is 0 Å². The van der Waals surface area contributed by atoms with E-state index in [0.29, 0.717) is 5.82 Å². The van der Waals surface area contributed by atoms with Gasteiger partial charge < -0.3 is 0 Å². The van der Waals surface area contributed by atoms with Crippen LogP contribution in [0, 0.1) is 0 Å². The van der Waals surface area contributed by atoms with Crippen LogP contribution in [-0.4, -0.2) is 19.9 Å². The molecule has 0 saturated carbocycles. The Bertz CT molecular complexity index is 2210. The SMILES string of the molecule is c1cncc(-c2ccc(-c3nc(-c4ccc(-c5ccc6sc7ccccc7c6c5)cc4)cc(-c4cccnc4)n3)cc2)c1. The first-order valence-electron chi connectivity index (χ1n) is 14.1. The lowest BCUT2D eigenvalue weighted by atomic mass is 10.00. The number of benzene rings is 4. The van der Waals surface area contributed by atoms with Crippen molar-refractivity contribution < 1.29 is 0 Å². The molecule has 202 valence electrons. The molecule has 4 nitrogen and oxygen atoms in total. The van der Waals surface area contributed by atoms with Gasteiger partial charge in [-0.25, -0.2) is 9.97 Å². The van der Waals surface area contributed by atoms with E-state index in [1.807, 2.05) is 48.0 Å². The molecule has 0 radical (unpaired) electrons. The maximum absolute atomic E-state index is 5.03. The van der Waals surface area contributed by atoms with Gasteiger partial charge in [0.05, 0.1) is 11.4 Å². The number of aromatic nitrogens is 4. The highest BCUT2D eigenvalue weighted by Crippen LogP contribution is 2.37. The molecule has 0 aliphatic rings. The fraction of sp³-hybridized carbons (Fsp3) is 0. The van der Waals surface area contributed by atoms with Gasteiger partial charge in [-0.2, -0.15) is 0 Å². The maximum atomic E-state index is 5.03. The molecule has 0 atom stereocenters. The summed E-state index contributed by atoms with van der Waals surface area (Å²) in [6.45, 7) is 0. The zero-order valence-electron chi connectivity index (χ0n) is 23.1. The Morgan fingerprint density at radius 2 is 0.977 bits per heavy atom. The zero-order chi connectivity index (χ0) is 28.6. The lowest BCUT2D eigenvalue weighted by Crippen LogP contribution is -1.96. The van der Waals surface area contributed by atoms with E-state index in [2.05, 4.69) is 107 Å². The number of pyridine rings is 2. The molecule has 0 spiro atoms. The second-order valence-corrected chi connectivity index (χ2v) is 11.5. The van der Waals surface area contributed by atoms with Gasteiger partial charge in [0, 0.05) is 61.7 Å². The van der Waals surface area contributed by atoms with Crippen LogP contribution in [-0.2, 0) is 0 Å². The van der Waals surface area contributed by atoms with E-state index in [1.54, 1.807) is 12.4 Å². The van der Waals surface area contributed by atoms with Crippen LogP contribution in [0.5, 0.6) is 0 Å². The first-order valence-corrected chi connectivity index (χ1v) is 14.9. The third-order valence-corrected chi connectivity index (χ3v) is 8.86. The minimum Gasteiger partial charge on any atom is -0.264 e. The van der Waals surface area contributed by atoms with Gasteiger partial charge in [-0.05, 0) is 64.7 Å². The normalized spacial score (nSPS) is 11.3. The molecule has 0 amide bonds. The van der Waals surface area contributed by atoms with Crippen molar-refractivity contribution in [2.75, 3.05) is 0 Å². The van der Waals surface area contributed by atoms with Crippen molar-refractivity contribution in [1.29, 1.82) is 0 Å². The predicted molar refractivity (Wildman–Crippen MR) is 178 cm³/mol. The Hall–Kier alpha value is -5.52. The first kappa shape index (κ1) is 25.2. The summed E-state index contributed by atoms with van der Waals surface area (Å²) in [5, 5.41) is 2.61. The van der Waals surface area contributed by atoms with Crippen molar-refractivity contribution >= 4 is 31.5 Å². The van der Waals surface area contributed by atoms with Gasteiger partial charge in [0.15, 0.2) is 5.82 Å². The van der Waals surface area contributed by atoms with E-state index in [4.69, 9.17) is 9.97 Å². The Morgan fingerprint density at radius 1 is 0.395 bits per heavy atom. The van der Waals surface area contributed by atoms with Crippen LogP contribution in [0.4, 0.5) is 0 Å². The molecule has 43 heavy (non-hydrogen) atoms. The molecular weight excluding hydrogens is 545 g/mol. The van der Waals surface area contributed by atoms with Gasteiger partial charge in [-0.15, -0.1) is 11.3 Å². The average Bonchev–Trinajstić information content (AvgIpc) is 3.47. The van der Waals surface area contributed by atoms with Gasteiger partial charge in [0.25, 0.3) is 0 Å². The first-order chi connectivity index (χ1) is 21.3. The molecule has 0 N–H and O–H groups in total. The van der Waals surface area contributed by atoms with Gasteiger partial charge in [-0.1, -0.05) is 78.9 Å². The minimum atomic E-state index is 0.674. The summed E-state index contributed by atoms with van der Waals surface area (Å²) in [5.74, 6) is 0.674. The van der Waals surface area contributed by atoms with Crippen molar-refractivity contribution in [2.24, 2.45) is 0 Å². The standard InChI is InChI=1S/C38H24N4S/c1-2-8-36-32(7-1)33-21-29(17-18-37(33)43-36)25-9-13-27(14-10-25)34-22-35(31-6-4-20-40-24-31)42-38(41-34)28-15-11-26(12-16-28)30-5-3-19-39-23-30/h1-24H. The molecule has 0 aliphatic heterocycles. The fourth-order valence-corrected chi connectivity index (χ4v) is 6.56. The van der Waals surface area contributed by atoms with E-state index in [0.717, 1.165) is 39.2 Å². The Morgan fingerprint density at radius 3 is 1.70 bits per heavy atom. The summed E-state index contributed by atoms with van der Waals surface area (Å²) in [6.07, 6.45) is 7.28. The summed E-state index contributed by atoms with van der Waals surface area (Å²) in [5.41, 5.74) is 9.20. The van der Waals surface area contributed by atoms with Crippen molar-refractivity contribution in [1.82, 2.24) is 19.9 Å². The van der Waals surface area contributed by atoms with Gasteiger partial charge in [0.1, 0.15) is 0 Å². The topological polar surface area (TPSA) is 51.6 Å². The minimum absolute atomic E-state index is 0.674. The highest BCUT2D eigenvalue weighted by molar-refractivity contribution is 7.25. The second kappa shape index (κ2) is 10.7. The molecular formula is C38H24N4S. The molecule has 4 heterocycles. The van der Waals surface area contributed by atoms with E-state index in [9.17, 15) is 0 Å². The third kappa shape index (κ3) is 4.86. The molecule has 0 fully saturated rings. The largest absolute Gasteiger partial charge is 0.264 e. The predicted octanol–water partition coefficient (Wildman–Crippen LogP) is 9.97. The maximum Gasteiger partial charge on any atom is 0.160 e. The van der Waals surface area contributed by atoms with Gasteiger partial charge in [-0.3, -0.25) is 9.97 Å². The highest BCUT2D eigenvalue weighted by Gasteiger charge is 2.12. The van der Waals surface area contributed by atoms with Crippen LogP contribution in [0.15, 0.2) is 146 Å². The number of hydrogen-bond donors (Lipinski definition) is 0. The fourth-order valence-electron chi connectivity index (χ4n) is 5.47. The molecule has 0 saturated heterocycles. The van der Waals surface area contributed by atoms with Crippen molar-refractivity contribution in [3.8, 4) is 56.2 Å². The molecule has 0 bridgehead atoms. The lowest BCUT2D eigenvalue weighted by molar-refractivity contribution is 1.18. The zero-order valence-corrected chi connectivity index (χ0v) is 23.9. The Balaban J connectivity index is 1.17. The third-order valence-electron chi connectivity index (χ3n) is 7.71. The average molecular weight is 569 g/mol. The van der Waals surface area contributed by atoms with Crippen LogP contribution in [0.25, 0.3) is 76.3 Å². The van der Waals surface area contributed by atoms with Gasteiger partial charge in [0.2, 0.25) is 0 Å².